The average Bonchev–Trinajstić information content (AvgIpc) is 2.24. The molecule has 1 amide bonds. The third-order valence-electron chi connectivity index (χ3n) is 3.35. The minimum atomic E-state index is 0.0492. The van der Waals surface area contributed by atoms with Crippen molar-refractivity contribution in [3.63, 3.8) is 0 Å². The van der Waals surface area contributed by atoms with Crippen molar-refractivity contribution in [1.82, 2.24) is 15.1 Å². The molecule has 4 heteroatoms. The Labute approximate surface area is 99.0 Å². The topological polar surface area (TPSA) is 35.6 Å². The second-order valence-electron chi connectivity index (χ2n) is 4.85. The van der Waals surface area contributed by atoms with Crippen LogP contribution in [-0.4, -0.2) is 61.5 Å². The van der Waals surface area contributed by atoms with E-state index in [1.54, 1.807) is 0 Å². The third-order valence-corrected chi connectivity index (χ3v) is 3.35. The molecule has 1 aliphatic rings. The molecule has 0 spiro atoms. The first-order valence-corrected chi connectivity index (χ1v) is 6.24. The Kier molecular flexibility index (Phi) is 5.22. The molecule has 0 aliphatic carbocycles. The lowest BCUT2D eigenvalue weighted by Gasteiger charge is -2.35. The van der Waals surface area contributed by atoms with E-state index in [0.29, 0.717) is 6.04 Å². The number of carbonyl (C=O) groups is 1. The standard InChI is InChI=1S/C12H25N3O/c1-5-13-11-7-6-8-15(12(11)16)9-10(2)14(3)4/h10-11,13H,5-9H2,1-4H3. The minimum Gasteiger partial charge on any atom is -0.340 e. The van der Waals surface area contributed by atoms with Crippen molar-refractivity contribution in [3.05, 3.63) is 0 Å². The number of hydrogen-bond donors (Lipinski definition) is 1. The first-order valence-electron chi connectivity index (χ1n) is 6.24. The number of rotatable bonds is 5. The Bertz CT molecular complexity index is 228. The summed E-state index contributed by atoms with van der Waals surface area (Å²) in [4.78, 5) is 16.3. The van der Waals surface area contributed by atoms with Crippen LogP contribution >= 0.6 is 0 Å². The molecule has 4 nitrogen and oxygen atoms in total. The molecule has 1 aliphatic heterocycles. The minimum absolute atomic E-state index is 0.0492. The Morgan fingerprint density at radius 3 is 2.81 bits per heavy atom. The molecule has 1 N–H and O–H groups in total. The molecule has 1 heterocycles. The maximum Gasteiger partial charge on any atom is 0.239 e. The van der Waals surface area contributed by atoms with Crippen LogP contribution in [0.15, 0.2) is 0 Å². The van der Waals surface area contributed by atoms with Crippen LogP contribution in [0.2, 0.25) is 0 Å². The number of amides is 1. The van der Waals surface area contributed by atoms with Gasteiger partial charge < -0.3 is 15.1 Å². The molecule has 0 aromatic heterocycles. The highest BCUT2D eigenvalue weighted by Gasteiger charge is 2.28. The normalized spacial score (nSPS) is 23.9. The Balaban J connectivity index is 2.50. The summed E-state index contributed by atoms with van der Waals surface area (Å²) in [7, 11) is 4.11. The van der Waals surface area contributed by atoms with Gasteiger partial charge in [-0.25, -0.2) is 0 Å². The zero-order chi connectivity index (χ0) is 12.1. The number of likely N-dealkylation sites (tertiary alicyclic amines) is 1. The molecule has 0 aromatic carbocycles. The van der Waals surface area contributed by atoms with Gasteiger partial charge >= 0.3 is 0 Å². The van der Waals surface area contributed by atoms with Crippen LogP contribution < -0.4 is 5.32 Å². The van der Waals surface area contributed by atoms with Gasteiger partial charge in [-0.05, 0) is 40.4 Å². The molecule has 94 valence electrons. The van der Waals surface area contributed by atoms with Crippen molar-refractivity contribution in [3.8, 4) is 0 Å². The van der Waals surface area contributed by atoms with Gasteiger partial charge in [0.1, 0.15) is 0 Å². The molecule has 1 saturated heterocycles. The van der Waals surface area contributed by atoms with Gasteiger partial charge in [0.2, 0.25) is 5.91 Å². The van der Waals surface area contributed by atoms with E-state index < -0.39 is 0 Å². The van der Waals surface area contributed by atoms with Crippen LogP contribution in [0.4, 0.5) is 0 Å². The highest BCUT2D eigenvalue weighted by molar-refractivity contribution is 5.82. The van der Waals surface area contributed by atoms with Gasteiger partial charge in [0.25, 0.3) is 0 Å². The summed E-state index contributed by atoms with van der Waals surface area (Å²) < 4.78 is 0. The van der Waals surface area contributed by atoms with E-state index >= 15 is 0 Å². The number of nitrogens with zero attached hydrogens (tertiary/aromatic N) is 2. The van der Waals surface area contributed by atoms with E-state index in [-0.39, 0.29) is 11.9 Å². The molecular weight excluding hydrogens is 202 g/mol. The molecule has 1 rings (SSSR count). The quantitative estimate of drug-likeness (QED) is 0.744. The lowest BCUT2D eigenvalue weighted by atomic mass is 10.0. The van der Waals surface area contributed by atoms with Crippen LogP contribution in [0.25, 0.3) is 0 Å². The molecule has 1 fully saturated rings. The molecule has 2 unspecified atom stereocenters. The van der Waals surface area contributed by atoms with Gasteiger partial charge in [-0.1, -0.05) is 6.92 Å². The monoisotopic (exact) mass is 227 g/mol. The Morgan fingerprint density at radius 1 is 1.56 bits per heavy atom. The maximum atomic E-state index is 12.1. The highest BCUT2D eigenvalue weighted by Crippen LogP contribution is 2.12. The van der Waals surface area contributed by atoms with E-state index in [1.165, 1.54) is 0 Å². The van der Waals surface area contributed by atoms with Crippen LogP contribution in [0, 0.1) is 0 Å². The van der Waals surface area contributed by atoms with E-state index in [1.807, 2.05) is 4.90 Å². The molecule has 2 atom stereocenters. The first-order chi connectivity index (χ1) is 7.56. The maximum absolute atomic E-state index is 12.1. The van der Waals surface area contributed by atoms with Crippen molar-refractivity contribution < 1.29 is 4.79 Å². The van der Waals surface area contributed by atoms with E-state index in [9.17, 15) is 4.79 Å². The second kappa shape index (κ2) is 6.21. The van der Waals surface area contributed by atoms with E-state index in [4.69, 9.17) is 0 Å². The van der Waals surface area contributed by atoms with Crippen molar-refractivity contribution in [2.24, 2.45) is 0 Å². The summed E-state index contributed by atoms with van der Waals surface area (Å²) in [5.74, 6) is 0.279. The number of carbonyl (C=O) groups excluding carboxylic acids is 1. The molecule has 0 aromatic rings. The average molecular weight is 227 g/mol. The fraction of sp³-hybridized carbons (Fsp3) is 0.917. The summed E-state index contributed by atoms with van der Waals surface area (Å²) in [6.07, 6.45) is 2.10. The molecule has 0 bridgehead atoms. The zero-order valence-electron chi connectivity index (χ0n) is 11.0. The number of nitrogens with one attached hydrogen (secondary N) is 1. The van der Waals surface area contributed by atoms with Crippen LogP contribution in [0.1, 0.15) is 26.7 Å². The zero-order valence-corrected chi connectivity index (χ0v) is 11.0. The van der Waals surface area contributed by atoms with E-state index in [0.717, 1.165) is 32.5 Å². The number of piperidine rings is 1. The summed E-state index contributed by atoms with van der Waals surface area (Å²) in [6, 6.07) is 0.470. The van der Waals surface area contributed by atoms with Gasteiger partial charge in [-0.15, -0.1) is 0 Å². The molecule has 0 radical (unpaired) electrons. The molecular formula is C12H25N3O. The van der Waals surface area contributed by atoms with Gasteiger partial charge in [0, 0.05) is 19.1 Å². The van der Waals surface area contributed by atoms with Crippen molar-refractivity contribution in [1.29, 1.82) is 0 Å². The van der Waals surface area contributed by atoms with Gasteiger partial charge in [0.05, 0.1) is 6.04 Å². The summed E-state index contributed by atoms with van der Waals surface area (Å²) >= 11 is 0. The summed E-state index contributed by atoms with van der Waals surface area (Å²) in [5, 5.41) is 3.26. The largest absolute Gasteiger partial charge is 0.340 e. The van der Waals surface area contributed by atoms with Crippen LogP contribution in [0.3, 0.4) is 0 Å². The molecule has 16 heavy (non-hydrogen) atoms. The lowest BCUT2D eigenvalue weighted by molar-refractivity contribution is -0.136. The van der Waals surface area contributed by atoms with Gasteiger partial charge in [-0.3, -0.25) is 4.79 Å². The Hall–Kier alpha value is -0.610. The van der Waals surface area contributed by atoms with Crippen molar-refractivity contribution in [2.45, 2.75) is 38.8 Å². The predicted octanol–water partition coefficient (Wildman–Crippen LogP) is 0.537. The summed E-state index contributed by atoms with van der Waals surface area (Å²) in [6.45, 7) is 6.83. The first kappa shape index (κ1) is 13.5. The Morgan fingerprint density at radius 2 is 2.25 bits per heavy atom. The van der Waals surface area contributed by atoms with Gasteiger partial charge in [-0.2, -0.15) is 0 Å². The predicted molar refractivity (Wildman–Crippen MR) is 66.4 cm³/mol. The smallest absolute Gasteiger partial charge is 0.239 e. The number of likely N-dealkylation sites (N-methyl/N-ethyl adjacent to an activating group) is 2. The number of hydrogen-bond acceptors (Lipinski definition) is 3. The highest BCUT2D eigenvalue weighted by atomic mass is 16.2. The fourth-order valence-corrected chi connectivity index (χ4v) is 2.04. The SMILES string of the molecule is CCNC1CCCN(CC(C)N(C)C)C1=O. The van der Waals surface area contributed by atoms with Crippen LogP contribution in [0.5, 0.6) is 0 Å². The third kappa shape index (κ3) is 3.46. The second-order valence-corrected chi connectivity index (χ2v) is 4.85. The van der Waals surface area contributed by atoms with Crippen molar-refractivity contribution in [2.75, 3.05) is 33.7 Å². The molecule has 0 saturated carbocycles. The lowest BCUT2D eigenvalue weighted by Crippen LogP contribution is -2.53. The van der Waals surface area contributed by atoms with Gasteiger partial charge in [0.15, 0.2) is 0 Å². The van der Waals surface area contributed by atoms with E-state index in [2.05, 4.69) is 38.2 Å². The van der Waals surface area contributed by atoms with Crippen LogP contribution in [-0.2, 0) is 4.79 Å². The fourth-order valence-electron chi connectivity index (χ4n) is 2.04. The summed E-state index contributed by atoms with van der Waals surface area (Å²) in [5.41, 5.74) is 0. The van der Waals surface area contributed by atoms with Crippen molar-refractivity contribution >= 4 is 5.91 Å².